The second-order valence-corrected chi connectivity index (χ2v) is 6.80. The van der Waals surface area contributed by atoms with E-state index in [1.165, 1.54) is 6.08 Å². The average Bonchev–Trinajstić information content (AvgIpc) is 2.29. The van der Waals surface area contributed by atoms with Crippen molar-refractivity contribution in [2.45, 2.75) is 66.4 Å². The summed E-state index contributed by atoms with van der Waals surface area (Å²) in [7, 11) is 0. The summed E-state index contributed by atoms with van der Waals surface area (Å²) in [5.41, 5.74) is -0.103. The van der Waals surface area contributed by atoms with E-state index in [0.29, 0.717) is 5.41 Å². The predicted octanol–water partition coefficient (Wildman–Crippen LogP) is 5.21. The van der Waals surface area contributed by atoms with Crippen LogP contribution < -0.4 is 0 Å². The molecule has 2 nitrogen and oxygen atoms in total. The SMILES string of the molecule is C/C=C/CC(C)(C)CC/C=C/C=C/C(=O)OC(C)(C)C. The van der Waals surface area contributed by atoms with Gasteiger partial charge in [-0.2, -0.15) is 0 Å². The van der Waals surface area contributed by atoms with Gasteiger partial charge in [0, 0.05) is 6.08 Å². The second-order valence-electron chi connectivity index (χ2n) is 6.80. The van der Waals surface area contributed by atoms with Gasteiger partial charge in [0.05, 0.1) is 0 Å². The first-order chi connectivity index (χ1) is 9.16. The molecule has 0 fully saturated rings. The van der Waals surface area contributed by atoms with Gasteiger partial charge in [-0.05, 0) is 52.4 Å². The van der Waals surface area contributed by atoms with Crippen LogP contribution in [0, 0.1) is 5.41 Å². The minimum absolute atomic E-state index is 0.296. The molecule has 0 saturated heterocycles. The van der Waals surface area contributed by atoms with Crippen LogP contribution in [-0.4, -0.2) is 11.6 Å². The first-order valence-corrected chi connectivity index (χ1v) is 7.34. The molecule has 0 aromatic heterocycles. The highest BCUT2D eigenvalue weighted by Gasteiger charge is 2.14. The average molecular weight is 278 g/mol. The van der Waals surface area contributed by atoms with Crippen molar-refractivity contribution in [2.24, 2.45) is 5.41 Å². The first kappa shape index (κ1) is 18.7. The van der Waals surface area contributed by atoms with E-state index >= 15 is 0 Å². The Hall–Kier alpha value is -1.31. The smallest absolute Gasteiger partial charge is 0.331 e. The third-order valence-electron chi connectivity index (χ3n) is 2.78. The molecular formula is C18H30O2. The van der Waals surface area contributed by atoms with Crippen LogP contribution in [0.3, 0.4) is 0 Å². The lowest BCUT2D eigenvalue weighted by Gasteiger charge is -2.21. The van der Waals surface area contributed by atoms with Crippen LogP contribution in [0.2, 0.25) is 0 Å². The molecule has 0 aliphatic rings. The molecule has 0 bridgehead atoms. The summed E-state index contributed by atoms with van der Waals surface area (Å²) in [5.74, 6) is -0.296. The number of ether oxygens (including phenoxy) is 1. The zero-order valence-electron chi connectivity index (χ0n) is 13.9. The van der Waals surface area contributed by atoms with Crippen molar-refractivity contribution in [2.75, 3.05) is 0 Å². The normalized spacial score (nSPS) is 13.7. The van der Waals surface area contributed by atoms with Crippen molar-refractivity contribution in [3.05, 3.63) is 36.5 Å². The van der Waals surface area contributed by atoms with Crippen LogP contribution in [0.15, 0.2) is 36.5 Å². The highest BCUT2D eigenvalue weighted by Crippen LogP contribution is 2.27. The van der Waals surface area contributed by atoms with Gasteiger partial charge < -0.3 is 4.74 Å². The lowest BCUT2D eigenvalue weighted by Crippen LogP contribution is -2.22. The topological polar surface area (TPSA) is 26.3 Å². The van der Waals surface area contributed by atoms with Gasteiger partial charge >= 0.3 is 5.97 Å². The third kappa shape index (κ3) is 11.8. The summed E-state index contributed by atoms with van der Waals surface area (Å²) < 4.78 is 5.18. The van der Waals surface area contributed by atoms with Crippen molar-refractivity contribution in [3.8, 4) is 0 Å². The van der Waals surface area contributed by atoms with E-state index < -0.39 is 5.60 Å². The Morgan fingerprint density at radius 2 is 1.70 bits per heavy atom. The molecule has 2 heteroatoms. The maximum atomic E-state index is 11.4. The number of esters is 1. The Kier molecular flexibility index (Phi) is 8.21. The largest absolute Gasteiger partial charge is 0.457 e. The molecular weight excluding hydrogens is 248 g/mol. The fourth-order valence-corrected chi connectivity index (χ4v) is 1.66. The minimum atomic E-state index is -0.429. The molecule has 0 amide bonds. The fraction of sp³-hybridized carbons (Fsp3) is 0.611. The maximum absolute atomic E-state index is 11.4. The van der Waals surface area contributed by atoms with Gasteiger partial charge in [0.25, 0.3) is 0 Å². The van der Waals surface area contributed by atoms with Gasteiger partial charge in [-0.1, -0.05) is 44.2 Å². The summed E-state index contributed by atoms with van der Waals surface area (Å²) in [6.45, 7) is 12.2. The second kappa shape index (κ2) is 8.78. The van der Waals surface area contributed by atoms with Gasteiger partial charge in [0.15, 0.2) is 0 Å². The molecule has 0 spiro atoms. The third-order valence-corrected chi connectivity index (χ3v) is 2.78. The number of carbonyl (C=O) groups excluding carboxylic acids is 1. The summed E-state index contributed by atoms with van der Waals surface area (Å²) in [5, 5.41) is 0. The molecule has 0 radical (unpaired) electrons. The maximum Gasteiger partial charge on any atom is 0.331 e. The van der Waals surface area contributed by atoms with E-state index in [4.69, 9.17) is 4.74 Å². The van der Waals surface area contributed by atoms with Crippen LogP contribution in [0.25, 0.3) is 0 Å². The molecule has 0 atom stereocenters. The summed E-state index contributed by atoms with van der Waals surface area (Å²) >= 11 is 0. The van der Waals surface area contributed by atoms with Gasteiger partial charge in [0.2, 0.25) is 0 Å². The van der Waals surface area contributed by atoms with E-state index in [1.54, 1.807) is 6.08 Å². The van der Waals surface area contributed by atoms with Crippen LogP contribution in [0.5, 0.6) is 0 Å². The Morgan fingerprint density at radius 1 is 1.05 bits per heavy atom. The summed E-state index contributed by atoms with van der Waals surface area (Å²) in [6, 6.07) is 0. The molecule has 0 unspecified atom stereocenters. The van der Waals surface area contributed by atoms with Crippen molar-refractivity contribution in [1.29, 1.82) is 0 Å². The van der Waals surface area contributed by atoms with Crippen molar-refractivity contribution in [1.82, 2.24) is 0 Å². The van der Waals surface area contributed by atoms with E-state index in [2.05, 4.69) is 39.0 Å². The minimum Gasteiger partial charge on any atom is -0.457 e. The molecule has 0 saturated carbocycles. The highest BCUT2D eigenvalue weighted by atomic mass is 16.6. The van der Waals surface area contributed by atoms with Gasteiger partial charge in [-0.15, -0.1) is 0 Å². The van der Waals surface area contributed by atoms with Crippen LogP contribution in [0.1, 0.15) is 60.8 Å². The van der Waals surface area contributed by atoms with Crippen molar-refractivity contribution < 1.29 is 9.53 Å². The Bertz CT molecular complexity index is 365. The Balaban J connectivity index is 4.00. The standard InChI is InChI=1S/C18H30O2/c1-7-8-14-18(5,6)15-12-10-9-11-13-16(19)20-17(2,3)4/h7-11,13H,12,14-15H2,1-6H3/b8-7+,10-9+,13-11+. The number of hydrogen-bond acceptors (Lipinski definition) is 2. The predicted molar refractivity (Wildman–Crippen MR) is 86.6 cm³/mol. The molecule has 0 aliphatic carbocycles. The number of allylic oxidation sites excluding steroid dienone is 5. The van der Waals surface area contributed by atoms with Gasteiger partial charge in [-0.3, -0.25) is 0 Å². The number of hydrogen-bond donors (Lipinski definition) is 0. The Morgan fingerprint density at radius 3 is 2.25 bits per heavy atom. The van der Waals surface area contributed by atoms with E-state index in [1.807, 2.05) is 26.8 Å². The first-order valence-electron chi connectivity index (χ1n) is 7.34. The molecule has 0 aromatic carbocycles. The molecule has 114 valence electrons. The summed E-state index contributed by atoms with van der Waals surface area (Å²) in [6.07, 6.45) is 14.8. The highest BCUT2D eigenvalue weighted by molar-refractivity contribution is 5.82. The zero-order valence-corrected chi connectivity index (χ0v) is 13.9. The number of carbonyl (C=O) groups is 1. The van der Waals surface area contributed by atoms with Crippen LogP contribution in [0.4, 0.5) is 0 Å². The van der Waals surface area contributed by atoms with E-state index in [0.717, 1.165) is 19.3 Å². The Labute approximate surface area is 124 Å². The van der Waals surface area contributed by atoms with Gasteiger partial charge in [0.1, 0.15) is 5.60 Å². The number of rotatable bonds is 7. The fourth-order valence-electron chi connectivity index (χ4n) is 1.66. The monoisotopic (exact) mass is 278 g/mol. The van der Waals surface area contributed by atoms with Gasteiger partial charge in [-0.25, -0.2) is 4.79 Å². The van der Waals surface area contributed by atoms with E-state index in [9.17, 15) is 4.79 Å². The molecule has 0 rings (SSSR count). The lowest BCUT2D eigenvalue weighted by molar-refractivity contribution is -0.148. The summed E-state index contributed by atoms with van der Waals surface area (Å²) in [4.78, 5) is 11.4. The molecule has 0 aromatic rings. The van der Waals surface area contributed by atoms with Crippen LogP contribution in [-0.2, 0) is 9.53 Å². The molecule has 0 aliphatic heterocycles. The van der Waals surface area contributed by atoms with E-state index in [-0.39, 0.29) is 5.97 Å². The zero-order chi connectivity index (χ0) is 15.6. The molecule has 0 N–H and O–H groups in total. The van der Waals surface area contributed by atoms with Crippen molar-refractivity contribution in [3.63, 3.8) is 0 Å². The van der Waals surface area contributed by atoms with Crippen LogP contribution >= 0.6 is 0 Å². The quantitative estimate of drug-likeness (QED) is 0.276. The van der Waals surface area contributed by atoms with Crippen molar-refractivity contribution >= 4 is 5.97 Å². The lowest BCUT2D eigenvalue weighted by atomic mass is 9.84. The molecule has 20 heavy (non-hydrogen) atoms. The molecule has 0 heterocycles.